The fourth-order valence-electron chi connectivity index (χ4n) is 3.79. The Morgan fingerprint density at radius 1 is 1.07 bits per heavy atom. The molecule has 1 atom stereocenters. The van der Waals surface area contributed by atoms with Crippen LogP contribution >= 0.6 is 0 Å². The number of nitrogens with zero attached hydrogens (tertiary/aromatic N) is 2. The highest BCUT2D eigenvalue weighted by Crippen LogP contribution is 2.42. The number of hydrogen-bond acceptors (Lipinski definition) is 4. The molecule has 0 aliphatic carbocycles. The van der Waals surface area contributed by atoms with Crippen LogP contribution in [0.5, 0.6) is 11.5 Å². The lowest BCUT2D eigenvalue weighted by atomic mass is 10.0. The Labute approximate surface area is 163 Å². The summed E-state index contributed by atoms with van der Waals surface area (Å²) in [6.45, 7) is 2.69. The van der Waals surface area contributed by atoms with Crippen molar-refractivity contribution in [1.29, 1.82) is 0 Å². The van der Waals surface area contributed by atoms with Crippen LogP contribution in [0.4, 0.5) is 5.69 Å². The fourth-order valence-corrected chi connectivity index (χ4v) is 3.79. The Morgan fingerprint density at radius 2 is 1.89 bits per heavy atom. The molecule has 4 aromatic rings. The number of ether oxygens (including phenoxy) is 1. The van der Waals surface area contributed by atoms with Crippen LogP contribution in [0, 0.1) is 0 Å². The van der Waals surface area contributed by atoms with Gasteiger partial charge in [-0.05, 0) is 42.8 Å². The van der Waals surface area contributed by atoms with Crippen molar-refractivity contribution in [2.75, 3.05) is 11.9 Å². The van der Waals surface area contributed by atoms with Crippen molar-refractivity contribution in [3.8, 4) is 22.9 Å². The summed E-state index contributed by atoms with van der Waals surface area (Å²) in [4.78, 5) is 4.87. The van der Waals surface area contributed by atoms with E-state index in [2.05, 4.69) is 28.9 Å². The lowest BCUT2D eigenvalue weighted by Crippen LogP contribution is -2.24. The summed E-state index contributed by atoms with van der Waals surface area (Å²) in [6.07, 6.45) is 0.658. The van der Waals surface area contributed by atoms with Gasteiger partial charge in [-0.3, -0.25) is 4.57 Å². The molecule has 5 heteroatoms. The van der Waals surface area contributed by atoms with E-state index in [0.717, 1.165) is 40.1 Å². The molecule has 1 aromatic heterocycles. The lowest BCUT2D eigenvalue weighted by molar-refractivity contribution is 0.315. The predicted molar refractivity (Wildman–Crippen MR) is 111 cm³/mol. The smallest absolute Gasteiger partial charge is 0.145 e. The molecule has 5 rings (SSSR count). The van der Waals surface area contributed by atoms with E-state index in [1.807, 2.05) is 48.5 Å². The van der Waals surface area contributed by atoms with E-state index < -0.39 is 0 Å². The maximum Gasteiger partial charge on any atom is 0.145 e. The summed E-state index contributed by atoms with van der Waals surface area (Å²) in [5.74, 6) is 1.77. The Hall–Kier alpha value is -3.47. The van der Waals surface area contributed by atoms with Gasteiger partial charge in [-0.15, -0.1) is 0 Å². The average Bonchev–Trinajstić information content (AvgIpc) is 3.12. The van der Waals surface area contributed by atoms with Crippen molar-refractivity contribution in [3.05, 3.63) is 72.3 Å². The van der Waals surface area contributed by atoms with Crippen molar-refractivity contribution < 1.29 is 9.84 Å². The van der Waals surface area contributed by atoms with Gasteiger partial charge in [-0.2, -0.15) is 0 Å². The van der Waals surface area contributed by atoms with Gasteiger partial charge in [-0.25, -0.2) is 4.98 Å². The van der Waals surface area contributed by atoms with Crippen molar-refractivity contribution >= 4 is 16.7 Å². The van der Waals surface area contributed by atoms with Crippen molar-refractivity contribution in [1.82, 2.24) is 9.55 Å². The number of rotatable bonds is 4. The van der Waals surface area contributed by atoms with E-state index >= 15 is 0 Å². The molecule has 0 spiro atoms. The van der Waals surface area contributed by atoms with Gasteiger partial charge in [0.2, 0.25) is 0 Å². The molecule has 5 nitrogen and oxygen atoms in total. The normalized spacial score (nSPS) is 15.0. The highest BCUT2D eigenvalue weighted by atomic mass is 16.5. The second-order valence-electron chi connectivity index (χ2n) is 6.96. The number of nitrogens with one attached hydrogen (secondary N) is 1. The first-order chi connectivity index (χ1) is 13.8. The lowest BCUT2D eigenvalue weighted by Gasteiger charge is -2.30. The van der Waals surface area contributed by atoms with E-state index in [0.29, 0.717) is 12.4 Å². The number of imidazole rings is 1. The third kappa shape index (κ3) is 2.59. The maximum atomic E-state index is 10.8. The van der Waals surface area contributed by atoms with Crippen LogP contribution in [0.1, 0.15) is 25.1 Å². The van der Waals surface area contributed by atoms with Gasteiger partial charge in [0.25, 0.3) is 0 Å². The number of fused-ring (bicyclic) bond motifs is 5. The standard InChI is InChI=1S/C23H21N3O2/c1-2-13-28-15-11-12-17(21(27)14-15)23-24-18-8-4-3-7-16(18)22-25-19-9-5-6-10-20(19)26(22)23/h3-12,14,23-24,27H,2,13H2,1H3/t23-/m0/s1. The van der Waals surface area contributed by atoms with Gasteiger partial charge >= 0.3 is 0 Å². The largest absolute Gasteiger partial charge is 0.507 e. The zero-order valence-corrected chi connectivity index (χ0v) is 15.6. The number of para-hydroxylation sites is 3. The Morgan fingerprint density at radius 3 is 2.75 bits per heavy atom. The Kier molecular flexibility index (Phi) is 3.93. The van der Waals surface area contributed by atoms with Crippen molar-refractivity contribution in [2.24, 2.45) is 0 Å². The van der Waals surface area contributed by atoms with Crippen LogP contribution in [0.2, 0.25) is 0 Å². The Bertz CT molecular complexity index is 1170. The molecular formula is C23H21N3O2. The Balaban J connectivity index is 1.68. The van der Waals surface area contributed by atoms with Gasteiger partial charge in [-0.1, -0.05) is 31.2 Å². The average molecular weight is 371 g/mol. The molecule has 140 valence electrons. The molecule has 3 aromatic carbocycles. The van der Waals surface area contributed by atoms with Crippen LogP contribution in [0.15, 0.2) is 66.7 Å². The zero-order valence-electron chi connectivity index (χ0n) is 15.6. The maximum absolute atomic E-state index is 10.8. The summed E-state index contributed by atoms with van der Waals surface area (Å²) in [6, 6.07) is 21.7. The molecule has 2 heterocycles. The molecule has 0 saturated heterocycles. The van der Waals surface area contributed by atoms with Gasteiger partial charge in [0.15, 0.2) is 0 Å². The highest BCUT2D eigenvalue weighted by Gasteiger charge is 2.29. The minimum absolute atomic E-state index is 0.203. The van der Waals surface area contributed by atoms with Crippen LogP contribution in [-0.2, 0) is 0 Å². The summed E-state index contributed by atoms with van der Waals surface area (Å²) < 4.78 is 7.81. The monoisotopic (exact) mass is 371 g/mol. The molecule has 1 aliphatic heterocycles. The minimum atomic E-state index is -0.266. The SMILES string of the molecule is CCCOc1ccc([C@H]2Nc3ccccc3-c3nc4ccccc4n32)c(O)c1. The van der Waals surface area contributed by atoms with E-state index in [1.54, 1.807) is 6.07 Å². The molecule has 28 heavy (non-hydrogen) atoms. The second kappa shape index (κ2) is 6.60. The fraction of sp³-hybridized carbons (Fsp3) is 0.174. The summed E-state index contributed by atoms with van der Waals surface area (Å²) in [5.41, 5.74) is 4.79. The number of benzene rings is 3. The molecule has 0 saturated carbocycles. The third-order valence-electron chi connectivity index (χ3n) is 5.08. The number of phenolic OH excluding ortho intramolecular Hbond substituents is 1. The molecule has 0 fully saturated rings. The first kappa shape index (κ1) is 16.7. The molecule has 0 radical (unpaired) electrons. The topological polar surface area (TPSA) is 59.3 Å². The molecular weight excluding hydrogens is 350 g/mol. The highest BCUT2D eigenvalue weighted by molar-refractivity contribution is 5.86. The minimum Gasteiger partial charge on any atom is -0.507 e. The van der Waals surface area contributed by atoms with E-state index in [1.165, 1.54) is 0 Å². The summed E-state index contributed by atoms with van der Waals surface area (Å²) in [5, 5.41) is 14.3. The predicted octanol–water partition coefficient (Wildman–Crippen LogP) is 5.17. The second-order valence-corrected chi connectivity index (χ2v) is 6.96. The van der Waals surface area contributed by atoms with Crippen molar-refractivity contribution in [3.63, 3.8) is 0 Å². The van der Waals surface area contributed by atoms with Crippen LogP contribution < -0.4 is 10.1 Å². The van der Waals surface area contributed by atoms with E-state index in [-0.39, 0.29) is 11.9 Å². The van der Waals surface area contributed by atoms with Crippen molar-refractivity contribution in [2.45, 2.75) is 19.5 Å². The molecule has 0 unspecified atom stereocenters. The third-order valence-corrected chi connectivity index (χ3v) is 5.08. The van der Waals surface area contributed by atoms with Crippen LogP contribution in [-0.4, -0.2) is 21.3 Å². The van der Waals surface area contributed by atoms with Gasteiger partial charge in [0.05, 0.1) is 17.6 Å². The zero-order chi connectivity index (χ0) is 19.1. The number of phenols is 1. The molecule has 2 N–H and O–H groups in total. The number of anilines is 1. The quantitative estimate of drug-likeness (QED) is 0.520. The molecule has 0 bridgehead atoms. The first-order valence-electron chi connectivity index (χ1n) is 9.55. The van der Waals surface area contributed by atoms with Crippen LogP contribution in [0.25, 0.3) is 22.4 Å². The number of hydrogen-bond donors (Lipinski definition) is 2. The number of aromatic hydroxyl groups is 1. The molecule has 0 amide bonds. The first-order valence-corrected chi connectivity index (χ1v) is 9.55. The molecule has 1 aliphatic rings. The van der Waals surface area contributed by atoms with Gasteiger partial charge in [0.1, 0.15) is 23.5 Å². The van der Waals surface area contributed by atoms with Gasteiger partial charge in [0, 0.05) is 22.9 Å². The van der Waals surface area contributed by atoms with E-state index in [9.17, 15) is 5.11 Å². The van der Waals surface area contributed by atoms with E-state index in [4.69, 9.17) is 9.72 Å². The van der Waals surface area contributed by atoms with Gasteiger partial charge < -0.3 is 15.2 Å². The number of aromatic nitrogens is 2. The summed E-state index contributed by atoms with van der Waals surface area (Å²) >= 11 is 0. The van der Waals surface area contributed by atoms with Crippen LogP contribution in [0.3, 0.4) is 0 Å². The summed E-state index contributed by atoms with van der Waals surface area (Å²) in [7, 11) is 0.